The minimum atomic E-state index is -0.851. The zero-order valence-corrected chi connectivity index (χ0v) is 18.3. The molecule has 0 saturated heterocycles. The fourth-order valence-electron chi connectivity index (χ4n) is 2.65. The van der Waals surface area contributed by atoms with E-state index in [-0.39, 0.29) is 38.8 Å². The molecule has 0 aromatic rings. The van der Waals surface area contributed by atoms with Gasteiger partial charge in [-0.1, -0.05) is 0 Å². The Morgan fingerprint density at radius 3 is 1.03 bits per heavy atom. The second-order valence-electron chi connectivity index (χ2n) is 6.56. The van der Waals surface area contributed by atoms with Crippen molar-refractivity contribution in [3.63, 3.8) is 0 Å². The number of rotatable bonds is 16. The maximum absolute atomic E-state index is 11.4. The lowest BCUT2D eigenvalue weighted by Gasteiger charge is -2.28. The van der Waals surface area contributed by atoms with Crippen LogP contribution in [0.3, 0.4) is 0 Å². The molecule has 0 fully saturated rings. The van der Waals surface area contributed by atoms with Crippen molar-refractivity contribution in [2.24, 2.45) is 0 Å². The van der Waals surface area contributed by atoms with Crippen LogP contribution in [0.1, 0.15) is 25.7 Å². The zero-order chi connectivity index (χ0) is 22.9. The van der Waals surface area contributed by atoms with Crippen molar-refractivity contribution in [2.75, 3.05) is 67.7 Å². The fraction of sp³-hybridized carbons (Fsp3) is 0.789. The van der Waals surface area contributed by atoms with Gasteiger partial charge >= 0.3 is 23.9 Å². The number of hydrogen-bond donors (Lipinski definition) is 1. The first-order valence-electron chi connectivity index (χ1n) is 9.65. The molecule has 0 aromatic carbocycles. The van der Waals surface area contributed by atoms with E-state index >= 15 is 0 Å². The van der Waals surface area contributed by atoms with Gasteiger partial charge in [-0.2, -0.15) is 0 Å². The third-order valence-corrected chi connectivity index (χ3v) is 4.38. The molecule has 0 saturated carbocycles. The number of esters is 4. The maximum Gasteiger partial charge on any atom is 0.306 e. The molecule has 1 N–H and O–H groups in total. The third-order valence-electron chi connectivity index (χ3n) is 4.38. The molecule has 0 aliphatic heterocycles. The predicted octanol–water partition coefficient (Wildman–Crippen LogP) is -0.796. The lowest BCUT2D eigenvalue weighted by molar-refractivity contribution is -0.142. The summed E-state index contributed by atoms with van der Waals surface area (Å²) < 4.78 is 18.5. The van der Waals surface area contributed by atoms with Gasteiger partial charge in [0.1, 0.15) is 0 Å². The van der Waals surface area contributed by atoms with Crippen molar-refractivity contribution in [1.29, 1.82) is 0 Å². The zero-order valence-electron chi connectivity index (χ0n) is 18.3. The van der Waals surface area contributed by atoms with Crippen molar-refractivity contribution in [3.05, 3.63) is 0 Å². The standard InChI is InChI=1S/C19H34N2O9/c1-27-16(23)5-9-20(10-6-17(24)28-2)13-15(22)14-21(11-7-18(25)29-3)12-8-19(26)30-4/h15,22H,5-14H2,1-4H3. The third kappa shape index (κ3) is 13.9. The molecule has 0 amide bonds. The highest BCUT2D eigenvalue weighted by molar-refractivity contribution is 5.70. The highest BCUT2D eigenvalue weighted by Crippen LogP contribution is 2.04. The Morgan fingerprint density at radius 1 is 0.600 bits per heavy atom. The van der Waals surface area contributed by atoms with E-state index in [0.29, 0.717) is 26.2 Å². The van der Waals surface area contributed by atoms with E-state index < -0.39 is 30.0 Å². The van der Waals surface area contributed by atoms with Gasteiger partial charge in [0.15, 0.2) is 0 Å². The Bertz CT molecular complexity index is 456. The number of carbonyl (C=O) groups excluding carboxylic acids is 4. The summed E-state index contributed by atoms with van der Waals surface area (Å²) in [5.74, 6) is -1.59. The van der Waals surface area contributed by atoms with Crippen molar-refractivity contribution in [2.45, 2.75) is 31.8 Å². The summed E-state index contributed by atoms with van der Waals surface area (Å²) in [6.45, 7) is 1.55. The number of carbonyl (C=O) groups is 4. The first-order chi connectivity index (χ1) is 14.2. The van der Waals surface area contributed by atoms with Crippen LogP contribution in [0, 0.1) is 0 Å². The van der Waals surface area contributed by atoms with Crippen molar-refractivity contribution in [1.82, 2.24) is 9.80 Å². The van der Waals surface area contributed by atoms with E-state index in [2.05, 4.69) is 18.9 Å². The lowest BCUT2D eigenvalue weighted by atomic mass is 10.2. The van der Waals surface area contributed by atoms with Crippen molar-refractivity contribution >= 4 is 23.9 Å². The molecule has 0 spiro atoms. The van der Waals surface area contributed by atoms with Crippen LogP contribution >= 0.6 is 0 Å². The molecule has 0 radical (unpaired) electrons. The highest BCUT2D eigenvalue weighted by Gasteiger charge is 2.19. The molecule has 0 heterocycles. The number of nitrogens with zero attached hydrogens (tertiary/aromatic N) is 2. The lowest BCUT2D eigenvalue weighted by Crippen LogP contribution is -2.43. The van der Waals surface area contributed by atoms with Crippen LogP contribution in [0.5, 0.6) is 0 Å². The average molecular weight is 434 g/mol. The predicted molar refractivity (Wildman–Crippen MR) is 105 cm³/mol. The van der Waals surface area contributed by atoms with Gasteiger partial charge in [-0.3, -0.25) is 29.0 Å². The summed E-state index contributed by atoms with van der Waals surface area (Å²) >= 11 is 0. The van der Waals surface area contributed by atoms with Gasteiger partial charge in [0.05, 0.1) is 60.2 Å². The molecular formula is C19H34N2O9. The van der Waals surface area contributed by atoms with Crippen LogP contribution in [0.15, 0.2) is 0 Å². The first kappa shape index (κ1) is 27.8. The summed E-state index contributed by atoms with van der Waals surface area (Å²) in [5, 5.41) is 10.5. The average Bonchev–Trinajstić information content (AvgIpc) is 2.75. The summed E-state index contributed by atoms with van der Waals surface area (Å²) in [6, 6.07) is 0. The van der Waals surface area contributed by atoms with Gasteiger partial charge in [-0.05, 0) is 0 Å². The number of methoxy groups -OCH3 is 4. The molecule has 0 aromatic heterocycles. The molecule has 0 rings (SSSR count). The van der Waals surface area contributed by atoms with E-state index in [0.717, 1.165) is 0 Å². The Hall–Kier alpha value is -2.24. The van der Waals surface area contributed by atoms with Gasteiger partial charge < -0.3 is 24.1 Å². The number of hydrogen-bond acceptors (Lipinski definition) is 11. The van der Waals surface area contributed by atoms with Gasteiger partial charge in [0.2, 0.25) is 0 Å². The van der Waals surface area contributed by atoms with Gasteiger partial charge in [-0.25, -0.2) is 0 Å². The second kappa shape index (κ2) is 16.5. The molecule has 0 aliphatic carbocycles. The van der Waals surface area contributed by atoms with Crippen LogP contribution in [0.2, 0.25) is 0 Å². The quantitative estimate of drug-likeness (QED) is 0.242. The summed E-state index contributed by atoms with van der Waals surface area (Å²) in [5.41, 5.74) is 0. The van der Waals surface area contributed by atoms with Crippen LogP contribution in [0.4, 0.5) is 0 Å². The molecule has 0 atom stereocenters. The summed E-state index contributed by atoms with van der Waals surface area (Å²) in [4.78, 5) is 49.2. The summed E-state index contributed by atoms with van der Waals surface area (Å²) in [7, 11) is 5.15. The van der Waals surface area contributed by atoms with Crippen LogP contribution in [0.25, 0.3) is 0 Å². The SMILES string of the molecule is COC(=O)CCN(CCC(=O)OC)CC(O)CN(CCC(=O)OC)CCC(=O)OC. The number of aliphatic hydroxyl groups is 1. The van der Waals surface area contributed by atoms with E-state index in [4.69, 9.17) is 0 Å². The van der Waals surface area contributed by atoms with E-state index in [9.17, 15) is 24.3 Å². The first-order valence-corrected chi connectivity index (χ1v) is 9.65. The fourth-order valence-corrected chi connectivity index (χ4v) is 2.65. The molecular weight excluding hydrogens is 400 g/mol. The van der Waals surface area contributed by atoms with Crippen LogP contribution in [-0.4, -0.2) is 113 Å². The molecule has 30 heavy (non-hydrogen) atoms. The Kier molecular flexibility index (Phi) is 15.3. The Labute approximate surface area is 177 Å². The van der Waals surface area contributed by atoms with Gasteiger partial charge in [0, 0.05) is 39.3 Å². The topological polar surface area (TPSA) is 132 Å². The molecule has 174 valence electrons. The molecule has 0 bridgehead atoms. The van der Waals surface area contributed by atoms with E-state index in [1.807, 2.05) is 0 Å². The minimum absolute atomic E-state index is 0.110. The highest BCUT2D eigenvalue weighted by atomic mass is 16.5. The maximum atomic E-state index is 11.4. The van der Waals surface area contributed by atoms with E-state index in [1.165, 1.54) is 28.4 Å². The molecule has 11 nitrogen and oxygen atoms in total. The Morgan fingerprint density at radius 2 is 0.833 bits per heavy atom. The smallest absolute Gasteiger partial charge is 0.306 e. The molecule has 0 unspecified atom stereocenters. The minimum Gasteiger partial charge on any atom is -0.469 e. The molecule has 11 heteroatoms. The molecule has 0 aliphatic rings. The number of ether oxygens (including phenoxy) is 4. The summed E-state index contributed by atoms with van der Waals surface area (Å²) in [6.07, 6.45) is -0.412. The van der Waals surface area contributed by atoms with Crippen molar-refractivity contribution < 1.29 is 43.2 Å². The van der Waals surface area contributed by atoms with Crippen LogP contribution in [-0.2, 0) is 38.1 Å². The largest absolute Gasteiger partial charge is 0.469 e. The van der Waals surface area contributed by atoms with Crippen LogP contribution < -0.4 is 0 Å². The second-order valence-corrected chi connectivity index (χ2v) is 6.56. The van der Waals surface area contributed by atoms with Crippen molar-refractivity contribution in [3.8, 4) is 0 Å². The normalized spacial score (nSPS) is 10.9. The van der Waals surface area contributed by atoms with E-state index in [1.54, 1.807) is 9.80 Å². The number of aliphatic hydroxyl groups excluding tert-OH is 1. The Balaban J connectivity index is 4.87. The van der Waals surface area contributed by atoms with Gasteiger partial charge in [0.25, 0.3) is 0 Å². The van der Waals surface area contributed by atoms with Gasteiger partial charge in [-0.15, -0.1) is 0 Å². The monoisotopic (exact) mass is 434 g/mol.